The molecule has 1 heterocycles. The van der Waals surface area contributed by atoms with E-state index in [9.17, 15) is 9.59 Å². The molecule has 1 aromatic heterocycles. The zero-order chi connectivity index (χ0) is 20.8. The second-order valence-electron chi connectivity index (χ2n) is 6.22. The van der Waals surface area contributed by atoms with E-state index >= 15 is 0 Å². The second-order valence-corrected chi connectivity index (χ2v) is 6.22. The van der Waals surface area contributed by atoms with Gasteiger partial charge in [0, 0.05) is 17.8 Å². The SMILES string of the molecule is COc1ccc(NC(=O)c2ccccc2NC(=O)Cc2cc(C)on2)cc1OC. The number of aromatic nitrogens is 1. The number of amides is 2. The topological polar surface area (TPSA) is 103 Å². The fourth-order valence-electron chi connectivity index (χ4n) is 2.76. The highest BCUT2D eigenvalue weighted by Gasteiger charge is 2.15. The molecule has 0 saturated carbocycles. The normalized spacial score (nSPS) is 10.3. The van der Waals surface area contributed by atoms with Crippen LogP contribution in [0, 0.1) is 6.92 Å². The quantitative estimate of drug-likeness (QED) is 0.635. The summed E-state index contributed by atoms with van der Waals surface area (Å²) in [5.74, 6) is 1.01. The maximum Gasteiger partial charge on any atom is 0.257 e. The molecule has 0 unspecified atom stereocenters. The summed E-state index contributed by atoms with van der Waals surface area (Å²) in [5.41, 5.74) is 1.78. The Morgan fingerprint density at radius 3 is 2.45 bits per heavy atom. The molecule has 0 aliphatic heterocycles. The molecule has 8 nitrogen and oxygen atoms in total. The molecule has 0 aliphatic rings. The molecule has 0 saturated heterocycles. The maximum absolute atomic E-state index is 12.8. The Hall–Kier alpha value is -3.81. The number of rotatable bonds is 7. The van der Waals surface area contributed by atoms with Gasteiger partial charge in [-0.05, 0) is 31.2 Å². The van der Waals surface area contributed by atoms with E-state index in [1.165, 1.54) is 14.2 Å². The van der Waals surface area contributed by atoms with Gasteiger partial charge in [0.1, 0.15) is 5.76 Å². The molecule has 0 bridgehead atoms. The summed E-state index contributed by atoms with van der Waals surface area (Å²) >= 11 is 0. The molecule has 150 valence electrons. The van der Waals surface area contributed by atoms with Gasteiger partial charge in [-0.15, -0.1) is 0 Å². The summed E-state index contributed by atoms with van der Waals surface area (Å²) in [7, 11) is 3.06. The van der Waals surface area contributed by atoms with Crippen LogP contribution in [0.15, 0.2) is 53.1 Å². The van der Waals surface area contributed by atoms with Crippen LogP contribution >= 0.6 is 0 Å². The molecule has 2 N–H and O–H groups in total. The van der Waals surface area contributed by atoms with Crippen molar-refractivity contribution in [2.24, 2.45) is 0 Å². The molecule has 0 fully saturated rings. The van der Waals surface area contributed by atoms with Gasteiger partial charge in [0.05, 0.1) is 37.6 Å². The predicted octanol–water partition coefficient (Wildman–Crippen LogP) is 3.43. The van der Waals surface area contributed by atoms with E-state index in [1.807, 2.05) is 0 Å². The third-order valence-corrected chi connectivity index (χ3v) is 4.11. The van der Waals surface area contributed by atoms with Crippen molar-refractivity contribution >= 4 is 23.2 Å². The van der Waals surface area contributed by atoms with Gasteiger partial charge in [-0.1, -0.05) is 17.3 Å². The van der Waals surface area contributed by atoms with Gasteiger partial charge in [-0.3, -0.25) is 9.59 Å². The smallest absolute Gasteiger partial charge is 0.257 e. The fourth-order valence-corrected chi connectivity index (χ4v) is 2.76. The highest BCUT2D eigenvalue weighted by molar-refractivity contribution is 6.10. The van der Waals surface area contributed by atoms with Crippen molar-refractivity contribution in [3.05, 3.63) is 65.5 Å². The largest absolute Gasteiger partial charge is 0.493 e. The van der Waals surface area contributed by atoms with E-state index in [-0.39, 0.29) is 18.2 Å². The van der Waals surface area contributed by atoms with E-state index in [4.69, 9.17) is 14.0 Å². The lowest BCUT2D eigenvalue weighted by Crippen LogP contribution is -2.19. The highest BCUT2D eigenvalue weighted by Crippen LogP contribution is 2.30. The molecule has 0 atom stereocenters. The van der Waals surface area contributed by atoms with Gasteiger partial charge in [0.15, 0.2) is 11.5 Å². The Kier molecular flexibility index (Phi) is 6.13. The molecule has 2 amide bonds. The van der Waals surface area contributed by atoms with Crippen molar-refractivity contribution in [3.8, 4) is 11.5 Å². The average Bonchev–Trinajstić information content (AvgIpc) is 3.12. The first kappa shape index (κ1) is 19.9. The number of carbonyl (C=O) groups is 2. The molecule has 0 aliphatic carbocycles. The number of nitrogens with one attached hydrogen (secondary N) is 2. The first-order chi connectivity index (χ1) is 14.0. The summed E-state index contributed by atoms with van der Waals surface area (Å²) in [6.45, 7) is 1.75. The third kappa shape index (κ3) is 4.92. The van der Waals surface area contributed by atoms with E-state index in [0.29, 0.717) is 39.9 Å². The molecule has 3 rings (SSSR count). The third-order valence-electron chi connectivity index (χ3n) is 4.11. The monoisotopic (exact) mass is 395 g/mol. The first-order valence-corrected chi connectivity index (χ1v) is 8.84. The minimum absolute atomic E-state index is 0.0446. The van der Waals surface area contributed by atoms with Crippen molar-refractivity contribution in [2.75, 3.05) is 24.9 Å². The van der Waals surface area contributed by atoms with Crippen LogP contribution in [0.4, 0.5) is 11.4 Å². The maximum atomic E-state index is 12.8. The van der Waals surface area contributed by atoms with Crippen LogP contribution in [0.2, 0.25) is 0 Å². The average molecular weight is 395 g/mol. The van der Waals surface area contributed by atoms with Crippen LogP contribution in [0.3, 0.4) is 0 Å². The molecule has 29 heavy (non-hydrogen) atoms. The number of carbonyl (C=O) groups excluding carboxylic acids is 2. The van der Waals surface area contributed by atoms with Gasteiger partial charge in [0.2, 0.25) is 5.91 Å². The molecular weight excluding hydrogens is 374 g/mol. The van der Waals surface area contributed by atoms with Crippen molar-refractivity contribution in [2.45, 2.75) is 13.3 Å². The standard InChI is InChI=1S/C21H21N3O5/c1-13-10-15(24-29-13)12-20(25)23-17-7-5-4-6-16(17)21(26)22-14-8-9-18(27-2)19(11-14)28-3/h4-11H,12H2,1-3H3,(H,22,26)(H,23,25). The number of hydrogen-bond donors (Lipinski definition) is 2. The van der Waals surface area contributed by atoms with Crippen LogP contribution in [-0.2, 0) is 11.2 Å². The van der Waals surface area contributed by atoms with Crippen molar-refractivity contribution in [3.63, 3.8) is 0 Å². The van der Waals surface area contributed by atoms with Crippen molar-refractivity contribution in [1.82, 2.24) is 5.16 Å². The van der Waals surface area contributed by atoms with Crippen LogP contribution in [-0.4, -0.2) is 31.2 Å². The summed E-state index contributed by atoms with van der Waals surface area (Å²) in [6.07, 6.45) is 0.0446. The van der Waals surface area contributed by atoms with Gasteiger partial charge in [0.25, 0.3) is 5.91 Å². The van der Waals surface area contributed by atoms with Gasteiger partial charge in [-0.2, -0.15) is 0 Å². The van der Waals surface area contributed by atoms with E-state index in [0.717, 1.165) is 0 Å². The van der Waals surface area contributed by atoms with E-state index in [1.54, 1.807) is 55.5 Å². The lowest BCUT2D eigenvalue weighted by Gasteiger charge is -2.13. The molecule has 0 radical (unpaired) electrons. The van der Waals surface area contributed by atoms with E-state index < -0.39 is 0 Å². The Balaban J connectivity index is 1.74. The fraction of sp³-hybridized carbons (Fsp3) is 0.190. The Bertz CT molecular complexity index is 1030. The zero-order valence-corrected chi connectivity index (χ0v) is 16.3. The van der Waals surface area contributed by atoms with Gasteiger partial charge < -0.3 is 24.6 Å². The Labute approximate surface area is 167 Å². The molecule has 0 spiro atoms. The molecule has 8 heteroatoms. The van der Waals surface area contributed by atoms with Crippen molar-refractivity contribution in [1.29, 1.82) is 0 Å². The lowest BCUT2D eigenvalue weighted by molar-refractivity contribution is -0.115. The summed E-state index contributed by atoms with van der Waals surface area (Å²) in [4.78, 5) is 25.1. The van der Waals surface area contributed by atoms with Gasteiger partial charge >= 0.3 is 0 Å². The Morgan fingerprint density at radius 2 is 1.76 bits per heavy atom. The molecule has 3 aromatic rings. The Morgan fingerprint density at radius 1 is 1.00 bits per heavy atom. The number of anilines is 2. The van der Waals surface area contributed by atoms with Crippen LogP contribution in [0.5, 0.6) is 11.5 Å². The predicted molar refractivity (Wildman–Crippen MR) is 108 cm³/mol. The molecule has 2 aromatic carbocycles. The number of methoxy groups -OCH3 is 2. The summed E-state index contributed by atoms with van der Waals surface area (Å²) in [6, 6.07) is 13.5. The zero-order valence-electron chi connectivity index (χ0n) is 16.3. The number of hydrogen-bond acceptors (Lipinski definition) is 6. The summed E-state index contributed by atoms with van der Waals surface area (Å²) < 4.78 is 15.4. The van der Waals surface area contributed by atoms with Crippen LogP contribution in [0.25, 0.3) is 0 Å². The second kappa shape index (κ2) is 8.92. The number of benzene rings is 2. The van der Waals surface area contributed by atoms with Gasteiger partial charge in [-0.25, -0.2) is 0 Å². The van der Waals surface area contributed by atoms with E-state index in [2.05, 4.69) is 15.8 Å². The number of ether oxygens (including phenoxy) is 2. The van der Waals surface area contributed by atoms with Crippen LogP contribution in [0.1, 0.15) is 21.8 Å². The minimum atomic E-state index is -0.370. The first-order valence-electron chi connectivity index (χ1n) is 8.84. The highest BCUT2D eigenvalue weighted by atomic mass is 16.5. The van der Waals surface area contributed by atoms with Crippen molar-refractivity contribution < 1.29 is 23.6 Å². The number of para-hydroxylation sites is 1. The van der Waals surface area contributed by atoms with Crippen LogP contribution < -0.4 is 20.1 Å². The summed E-state index contributed by atoms with van der Waals surface area (Å²) in [5, 5.41) is 9.35. The lowest BCUT2D eigenvalue weighted by atomic mass is 10.1. The molecular formula is C21H21N3O5. The number of aryl methyl sites for hydroxylation is 1. The minimum Gasteiger partial charge on any atom is -0.493 e. The number of nitrogens with zero attached hydrogens (tertiary/aromatic N) is 1.